The van der Waals surface area contributed by atoms with Gasteiger partial charge in [-0.05, 0) is 67.3 Å². The summed E-state index contributed by atoms with van der Waals surface area (Å²) in [4.78, 5) is 28.0. The van der Waals surface area contributed by atoms with Crippen LogP contribution in [-0.2, 0) is 4.79 Å². The molecule has 0 saturated heterocycles. The molecule has 1 N–H and O–H groups in total. The van der Waals surface area contributed by atoms with Crippen LogP contribution in [0.1, 0.15) is 44.5 Å². The second-order valence-electron chi connectivity index (χ2n) is 9.51. The predicted octanol–water partition coefficient (Wildman–Crippen LogP) is 5.89. The van der Waals surface area contributed by atoms with E-state index in [0.29, 0.717) is 41.8 Å². The van der Waals surface area contributed by atoms with Gasteiger partial charge in [-0.15, -0.1) is 0 Å². The third-order valence-corrected chi connectivity index (χ3v) is 5.86. The molecule has 32 heavy (non-hydrogen) atoms. The third kappa shape index (κ3) is 4.47. The van der Waals surface area contributed by atoms with Gasteiger partial charge < -0.3 is 15.0 Å². The number of nitrogens with one attached hydrogen (secondary N) is 1. The van der Waals surface area contributed by atoms with E-state index in [0.717, 1.165) is 17.2 Å². The summed E-state index contributed by atoms with van der Waals surface area (Å²) < 4.78 is 5.99. The second-order valence-corrected chi connectivity index (χ2v) is 9.51. The van der Waals surface area contributed by atoms with Crippen molar-refractivity contribution in [2.24, 2.45) is 11.3 Å². The highest BCUT2D eigenvalue weighted by Crippen LogP contribution is 2.38. The summed E-state index contributed by atoms with van der Waals surface area (Å²) in [6, 6.07) is 19.1. The lowest BCUT2D eigenvalue weighted by molar-refractivity contribution is -0.127. The topological polar surface area (TPSA) is 58.6 Å². The van der Waals surface area contributed by atoms with Crippen LogP contribution in [0.25, 0.3) is 10.8 Å². The Kier molecular flexibility index (Phi) is 5.92. The van der Waals surface area contributed by atoms with Gasteiger partial charge in [-0.2, -0.15) is 0 Å². The molecule has 0 aliphatic carbocycles. The Morgan fingerprint density at radius 1 is 1.06 bits per heavy atom. The van der Waals surface area contributed by atoms with Crippen LogP contribution in [0, 0.1) is 11.3 Å². The number of ether oxygens (including phenoxy) is 1. The summed E-state index contributed by atoms with van der Waals surface area (Å²) in [7, 11) is 0. The van der Waals surface area contributed by atoms with Crippen molar-refractivity contribution < 1.29 is 14.3 Å². The molecule has 4 rings (SSSR count). The Hall–Kier alpha value is -3.34. The summed E-state index contributed by atoms with van der Waals surface area (Å²) >= 11 is 0. The van der Waals surface area contributed by atoms with E-state index in [2.05, 4.69) is 19.2 Å². The number of benzene rings is 3. The van der Waals surface area contributed by atoms with Crippen LogP contribution >= 0.6 is 0 Å². The lowest BCUT2D eigenvalue weighted by Crippen LogP contribution is -2.42. The van der Waals surface area contributed by atoms with Gasteiger partial charge >= 0.3 is 0 Å². The van der Waals surface area contributed by atoms with Gasteiger partial charge in [0.25, 0.3) is 5.91 Å². The van der Waals surface area contributed by atoms with E-state index < -0.39 is 5.41 Å². The van der Waals surface area contributed by atoms with Crippen molar-refractivity contribution in [3.05, 3.63) is 66.2 Å². The molecule has 0 saturated carbocycles. The Balaban J connectivity index is 1.63. The highest BCUT2D eigenvalue weighted by molar-refractivity contribution is 6.07. The maximum absolute atomic E-state index is 13.3. The van der Waals surface area contributed by atoms with Gasteiger partial charge in [0.2, 0.25) is 5.91 Å². The summed E-state index contributed by atoms with van der Waals surface area (Å²) in [6.45, 7) is 9.03. The molecule has 3 aromatic rings. The zero-order chi connectivity index (χ0) is 22.9. The fourth-order valence-electron chi connectivity index (χ4n) is 3.87. The number of carbonyl (C=O) groups excluding carboxylic acids is 2. The minimum atomic E-state index is -0.621. The summed E-state index contributed by atoms with van der Waals surface area (Å²) in [5.74, 6) is 0.978. The SMILES string of the molecule is CC(C)CCN1C(=O)C(C)(C)COc2ccc(NC(=O)c3ccc4ccccc4c3)cc21. The largest absolute Gasteiger partial charge is 0.490 e. The van der Waals surface area contributed by atoms with Gasteiger partial charge in [-0.1, -0.05) is 44.2 Å². The van der Waals surface area contributed by atoms with Gasteiger partial charge in [0, 0.05) is 17.8 Å². The number of fused-ring (bicyclic) bond motifs is 2. The Bertz CT molecular complexity index is 1170. The fourth-order valence-corrected chi connectivity index (χ4v) is 3.87. The molecule has 5 nitrogen and oxygen atoms in total. The Morgan fingerprint density at radius 2 is 1.81 bits per heavy atom. The summed E-state index contributed by atoms with van der Waals surface area (Å²) in [6.07, 6.45) is 0.884. The molecular formula is C27H30N2O3. The molecule has 5 heteroatoms. The average Bonchev–Trinajstić information content (AvgIpc) is 2.86. The van der Waals surface area contributed by atoms with E-state index in [-0.39, 0.29) is 11.8 Å². The Morgan fingerprint density at radius 3 is 2.56 bits per heavy atom. The fraction of sp³-hybridized carbons (Fsp3) is 0.333. The first-order valence-electron chi connectivity index (χ1n) is 11.1. The zero-order valence-corrected chi connectivity index (χ0v) is 19.1. The minimum absolute atomic E-state index is 0.0369. The average molecular weight is 431 g/mol. The predicted molar refractivity (Wildman–Crippen MR) is 129 cm³/mol. The highest BCUT2D eigenvalue weighted by Gasteiger charge is 2.37. The van der Waals surface area contributed by atoms with Gasteiger partial charge in [-0.3, -0.25) is 9.59 Å². The maximum atomic E-state index is 13.3. The molecule has 166 valence electrons. The zero-order valence-electron chi connectivity index (χ0n) is 19.1. The second kappa shape index (κ2) is 8.65. The van der Waals surface area contributed by atoms with E-state index in [1.165, 1.54) is 0 Å². The van der Waals surface area contributed by atoms with E-state index in [4.69, 9.17) is 4.74 Å². The number of hydrogen-bond donors (Lipinski definition) is 1. The molecule has 1 heterocycles. The van der Waals surface area contributed by atoms with Crippen molar-refractivity contribution in [1.29, 1.82) is 0 Å². The minimum Gasteiger partial charge on any atom is -0.490 e. The number of nitrogens with zero attached hydrogens (tertiary/aromatic N) is 1. The quantitative estimate of drug-likeness (QED) is 0.549. The number of carbonyl (C=O) groups is 2. The third-order valence-electron chi connectivity index (χ3n) is 5.86. The lowest BCUT2D eigenvalue weighted by Gasteiger charge is -2.28. The van der Waals surface area contributed by atoms with Crippen LogP contribution in [0.3, 0.4) is 0 Å². The van der Waals surface area contributed by atoms with Crippen LogP contribution in [0.5, 0.6) is 5.75 Å². The van der Waals surface area contributed by atoms with Crippen LogP contribution in [-0.4, -0.2) is 25.0 Å². The van der Waals surface area contributed by atoms with Crippen LogP contribution in [0.4, 0.5) is 11.4 Å². The molecule has 1 aliphatic heterocycles. The van der Waals surface area contributed by atoms with Crippen molar-refractivity contribution in [2.75, 3.05) is 23.4 Å². The molecule has 1 aliphatic rings. The summed E-state index contributed by atoms with van der Waals surface area (Å²) in [5.41, 5.74) is 1.30. The van der Waals surface area contributed by atoms with Crippen molar-refractivity contribution in [1.82, 2.24) is 0 Å². The van der Waals surface area contributed by atoms with Gasteiger partial charge in [0.1, 0.15) is 12.4 Å². The number of rotatable bonds is 5. The molecule has 0 spiro atoms. The number of amides is 2. The van der Waals surface area contributed by atoms with Gasteiger partial charge in [-0.25, -0.2) is 0 Å². The molecule has 3 aromatic carbocycles. The van der Waals surface area contributed by atoms with Crippen molar-refractivity contribution >= 4 is 34.0 Å². The lowest BCUT2D eigenvalue weighted by atomic mass is 9.92. The molecular weight excluding hydrogens is 400 g/mol. The van der Waals surface area contributed by atoms with Crippen LogP contribution in [0.15, 0.2) is 60.7 Å². The molecule has 0 radical (unpaired) electrons. The van der Waals surface area contributed by atoms with Crippen molar-refractivity contribution in [3.8, 4) is 5.75 Å². The van der Waals surface area contributed by atoms with Crippen LogP contribution < -0.4 is 15.0 Å². The van der Waals surface area contributed by atoms with E-state index >= 15 is 0 Å². The van der Waals surface area contributed by atoms with Gasteiger partial charge in [0.05, 0.1) is 11.1 Å². The monoisotopic (exact) mass is 430 g/mol. The molecule has 2 amide bonds. The first-order chi connectivity index (χ1) is 15.2. The van der Waals surface area contributed by atoms with Crippen molar-refractivity contribution in [3.63, 3.8) is 0 Å². The molecule has 0 aromatic heterocycles. The first-order valence-corrected chi connectivity index (χ1v) is 11.1. The maximum Gasteiger partial charge on any atom is 0.255 e. The standard InChI is InChI=1S/C27H30N2O3/c1-18(2)13-14-29-23-16-22(11-12-24(23)32-17-27(3,4)26(29)31)28-25(30)21-10-9-19-7-5-6-8-20(19)15-21/h5-12,15-16,18H,13-14,17H2,1-4H3,(H,28,30). The molecule has 0 fully saturated rings. The molecule has 0 atom stereocenters. The first kappa shape index (κ1) is 21.9. The van der Waals surface area contributed by atoms with Crippen LogP contribution in [0.2, 0.25) is 0 Å². The van der Waals surface area contributed by atoms with E-state index in [1.54, 1.807) is 0 Å². The van der Waals surface area contributed by atoms with E-state index in [1.807, 2.05) is 79.4 Å². The van der Waals surface area contributed by atoms with Gasteiger partial charge in [0.15, 0.2) is 0 Å². The normalized spacial score (nSPS) is 15.3. The Labute approximate surface area is 189 Å². The summed E-state index contributed by atoms with van der Waals surface area (Å²) in [5, 5.41) is 5.09. The molecule has 0 bridgehead atoms. The number of anilines is 2. The van der Waals surface area contributed by atoms with E-state index in [9.17, 15) is 9.59 Å². The smallest absolute Gasteiger partial charge is 0.255 e. The number of hydrogen-bond acceptors (Lipinski definition) is 3. The highest BCUT2D eigenvalue weighted by atomic mass is 16.5. The van der Waals surface area contributed by atoms with Crippen molar-refractivity contribution in [2.45, 2.75) is 34.1 Å². The molecule has 0 unspecified atom stereocenters.